The maximum atomic E-state index is 5.69. The van der Waals surface area contributed by atoms with Crippen LogP contribution in [0.4, 0.5) is 0 Å². The molecule has 2 fully saturated rings. The Balaban J connectivity index is 1.95. The predicted molar refractivity (Wildman–Crippen MR) is 65.5 cm³/mol. The van der Waals surface area contributed by atoms with Gasteiger partial charge in [0.05, 0.1) is 12.2 Å². The van der Waals surface area contributed by atoms with E-state index in [2.05, 4.69) is 0 Å². The SMILES string of the molecule is COC1CCC(OC)C(C2CCCCC2)C1. The van der Waals surface area contributed by atoms with Crippen molar-refractivity contribution in [2.24, 2.45) is 11.8 Å². The van der Waals surface area contributed by atoms with Gasteiger partial charge in [-0.25, -0.2) is 0 Å². The highest BCUT2D eigenvalue weighted by Gasteiger charge is 2.36. The van der Waals surface area contributed by atoms with Crippen LogP contribution in [0, 0.1) is 11.8 Å². The minimum absolute atomic E-state index is 0.485. The van der Waals surface area contributed by atoms with E-state index in [4.69, 9.17) is 9.47 Å². The third kappa shape index (κ3) is 2.78. The van der Waals surface area contributed by atoms with E-state index in [0.717, 1.165) is 11.8 Å². The fraction of sp³-hybridized carbons (Fsp3) is 1.00. The van der Waals surface area contributed by atoms with Gasteiger partial charge in [-0.3, -0.25) is 0 Å². The van der Waals surface area contributed by atoms with Gasteiger partial charge in [0.15, 0.2) is 0 Å². The molecule has 0 bridgehead atoms. The Morgan fingerprint density at radius 3 is 2.19 bits per heavy atom. The van der Waals surface area contributed by atoms with Crippen molar-refractivity contribution in [3.63, 3.8) is 0 Å². The summed E-state index contributed by atoms with van der Waals surface area (Å²) in [7, 11) is 3.74. The normalized spacial score (nSPS) is 37.5. The van der Waals surface area contributed by atoms with E-state index in [-0.39, 0.29) is 0 Å². The smallest absolute Gasteiger partial charge is 0.0604 e. The van der Waals surface area contributed by atoms with Gasteiger partial charge in [0.2, 0.25) is 0 Å². The molecule has 0 aromatic heterocycles. The van der Waals surface area contributed by atoms with Crippen LogP contribution in [0.1, 0.15) is 51.4 Å². The summed E-state index contributed by atoms with van der Waals surface area (Å²) in [5.41, 5.74) is 0. The van der Waals surface area contributed by atoms with Gasteiger partial charge < -0.3 is 9.47 Å². The minimum Gasteiger partial charge on any atom is -0.381 e. The van der Waals surface area contributed by atoms with Gasteiger partial charge in [0, 0.05) is 14.2 Å². The summed E-state index contributed by atoms with van der Waals surface area (Å²) in [6.45, 7) is 0. The fourth-order valence-electron chi connectivity index (χ4n) is 3.70. The van der Waals surface area contributed by atoms with Crippen LogP contribution in [0.25, 0.3) is 0 Å². The largest absolute Gasteiger partial charge is 0.381 e. The van der Waals surface area contributed by atoms with Crippen LogP contribution in [0.3, 0.4) is 0 Å². The molecule has 3 unspecified atom stereocenters. The molecule has 2 rings (SSSR count). The van der Waals surface area contributed by atoms with Crippen molar-refractivity contribution >= 4 is 0 Å². The lowest BCUT2D eigenvalue weighted by atomic mass is 9.71. The fourth-order valence-corrected chi connectivity index (χ4v) is 3.70. The molecule has 0 N–H and O–H groups in total. The van der Waals surface area contributed by atoms with E-state index in [0.29, 0.717) is 12.2 Å². The Hall–Kier alpha value is -0.0800. The van der Waals surface area contributed by atoms with E-state index in [9.17, 15) is 0 Å². The Labute approximate surface area is 99.7 Å². The standard InChI is InChI=1S/C14H26O2/c1-15-12-8-9-14(16-2)13(10-12)11-6-4-3-5-7-11/h11-14H,3-10H2,1-2H3. The van der Waals surface area contributed by atoms with Crippen LogP contribution in [0.2, 0.25) is 0 Å². The molecule has 94 valence electrons. The lowest BCUT2D eigenvalue weighted by molar-refractivity contribution is -0.0579. The van der Waals surface area contributed by atoms with Gasteiger partial charge in [-0.05, 0) is 31.1 Å². The average molecular weight is 226 g/mol. The monoisotopic (exact) mass is 226 g/mol. The first-order valence-corrected chi connectivity index (χ1v) is 6.90. The highest BCUT2D eigenvalue weighted by atomic mass is 16.5. The van der Waals surface area contributed by atoms with Crippen molar-refractivity contribution in [3.05, 3.63) is 0 Å². The topological polar surface area (TPSA) is 18.5 Å². The van der Waals surface area contributed by atoms with Gasteiger partial charge in [-0.15, -0.1) is 0 Å². The number of rotatable bonds is 3. The highest BCUT2D eigenvalue weighted by Crippen LogP contribution is 2.40. The van der Waals surface area contributed by atoms with Crippen molar-refractivity contribution in [2.75, 3.05) is 14.2 Å². The van der Waals surface area contributed by atoms with E-state index < -0.39 is 0 Å². The lowest BCUT2D eigenvalue weighted by Gasteiger charge is -2.40. The molecule has 0 spiro atoms. The van der Waals surface area contributed by atoms with Crippen molar-refractivity contribution in [3.8, 4) is 0 Å². The Morgan fingerprint density at radius 1 is 0.812 bits per heavy atom. The molecule has 2 saturated carbocycles. The summed E-state index contributed by atoms with van der Waals surface area (Å²) in [6, 6.07) is 0. The maximum absolute atomic E-state index is 5.69. The van der Waals surface area contributed by atoms with Crippen LogP contribution in [-0.2, 0) is 9.47 Å². The lowest BCUT2D eigenvalue weighted by Crippen LogP contribution is -2.38. The molecule has 0 aromatic rings. The van der Waals surface area contributed by atoms with Crippen LogP contribution in [-0.4, -0.2) is 26.4 Å². The Bertz CT molecular complexity index is 199. The molecule has 0 amide bonds. The first-order valence-electron chi connectivity index (χ1n) is 6.90. The maximum Gasteiger partial charge on any atom is 0.0604 e. The summed E-state index contributed by atoms with van der Waals surface area (Å²) in [5.74, 6) is 1.65. The molecule has 2 aliphatic rings. The third-order valence-electron chi connectivity index (χ3n) is 4.68. The first kappa shape index (κ1) is 12.4. The van der Waals surface area contributed by atoms with Gasteiger partial charge in [0.1, 0.15) is 0 Å². The van der Waals surface area contributed by atoms with Gasteiger partial charge in [0.25, 0.3) is 0 Å². The molecule has 2 heteroatoms. The van der Waals surface area contributed by atoms with Crippen molar-refractivity contribution in [2.45, 2.75) is 63.6 Å². The quantitative estimate of drug-likeness (QED) is 0.734. The minimum atomic E-state index is 0.485. The molecule has 2 aliphatic carbocycles. The number of ether oxygens (including phenoxy) is 2. The average Bonchev–Trinajstić information content (AvgIpc) is 2.39. The molecule has 2 nitrogen and oxygen atoms in total. The second kappa shape index (κ2) is 6.02. The van der Waals surface area contributed by atoms with Crippen molar-refractivity contribution < 1.29 is 9.47 Å². The Kier molecular flexibility index (Phi) is 4.66. The molecule has 16 heavy (non-hydrogen) atoms. The van der Waals surface area contributed by atoms with E-state index in [1.807, 2.05) is 14.2 Å². The zero-order valence-electron chi connectivity index (χ0n) is 10.8. The molecule has 0 radical (unpaired) electrons. The summed E-state index contributed by atoms with van der Waals surface area (Å²) < 4.78 is 11.2. The summed E-state index contributed by atoms with van der Waals surface area (Å²) in [4.78, 5) is 0. The zero-order valence-corrected chi connectivity index (χ0v) is 10.8. The molecule has 0 aromatic carbocycles. The van der Waals surface area contributed by atoms with Crippen LogP contribution >= 0.6 is 0 Å². The molecule has 0 saturated heterocycles. The molecule has 3 atom stereocenters. The number of hydrogen-bond acceptors (Lipinski definition) is 2. The van der Waals surface area contributed by atoms with E-state index in [1.54, 1.807) is 0 Å². The number of methoxy groups -OCH3 is 2. The van der Waals surface area contributed by atoms with Gasteiger partial charge in [-0.2, -0.15) is 0 Å². The zero-order chi connectivity index (χ0) is 11.4. The van der Waals surface area contributed by atoms with E-state index >= 15 is 0 Å². The van der Waals surface area contributed by atoms with Crippen LogP contribution < -0.4 is 0 Å². The highest BCUT2D eigenvalue weighted by molar-refractivity contribution is 4.86. The second-order valence-electron chi connectivity index (χ2n) is 5.51. The first-order chi connectivity index (χ1) is 7.85. The summed E-state index contributed by atoms with van der Waals surface area (Å²) in [6.07, 6.45) is 11.7. The molecule has 0 heterocycles. The molecular weight excluding hydrogens is 200 g/mol. The summed E-state index contributed by atoms with van der Waals surface area (Å²) in [5, 5.41) is 0. The third-order valence-corrected chi connectivity index (χ3v) is 4.68. The van der Waals surface area contributed by atoms with Gasteiger partial charge in [-0.1, -0.05) is 32.1 Å². The Morgan fingerprint density at radius 2 is 1.56 bits per heavy atom. The van der Waals surface area contributed by atoms with Gasteiger partial charge >= 0.3 is 0 Å². The van der Waals surface area contributed by atoms with E-state index in [1.165, 1.54) is 51.4 Å². The number of hydrogen-bond donors (Lipinski definition) is 0. The van der Waals surface area contributed by atoms with Crippen molar-refractivity contribution in [1.82, 2.24) is 0 Å². The predicted octanol–water partition coefficient (Wildman–Crippen LogP) is 3.40. The second-order valence-corrected chi connectivity index (χ2v) is 5.51. The van der Waals surface area contributed by atoms with Crippen LogP contribution in [0.5, 0.6) is 0 Å². The van der Waals surface area contributed by atoms with Crippen molar-refractivity contribution in [1.29, 1.82) is 0 Å². The molecule has 0 aliphatic heterocycles. The van der Waals surface area contributed by atoms with Crippen LogP contribution in [0.15, 0.2) is 0 Å². The molecular formula is C14H26O2. The summed E-state index contributed by atoms with van der Waals surface area (Å²) >= 11 is 0.